The fourth-order valence-electron chi connectivity index (χ4n) is 3.22. The molecule has 0 bridgehead atoms. The fraction of sp³-hybridized carbons (Fsp3) is 0.556. The van der Waals surface area contributed by atoms with E-state index in [0.717, 1.165) is 39.0 Å². The summed E-state index contributed by atoms with van der Waals surface area (Å²) in [5.41, 5.74) is 0.547. The fourth-order valence-corrected chi connectivity index (χ4v) is 3.22. The van der Waals surface area contributed by atoms with Crippen LogP contribution in [0.3, 0.4) is 0 Å². The van der Waals surface area contributed by atoms with Gasteiger partial charge in [0.05, 0.1) is 12.6 Å². The number of carbonyl (C=O) groups excluding carboxylic acids is 1. The standard InChI is InChI=1S/C18H24N4O/c1-18(14-19,15-7-8-15)20-17(23)13-21-9-11-22(12-10-21)16-5-3-2-4-6-16/h2-6,15H,7-13H2,1H3,(H,20,23)/t18-/m1/s1. The molecule has 1 aliphatic carbocycles. The summed E-state index contributed by atoms with van der Waals surface area (Å²) in [6, 6.07) is 12.6. The number of nitrogens with one attached hydrogen (secondary N) is 1. The van der Waals surface area contributed by atoms with Crippen molar-refractivity contribution in [3.05, 3.63) is 30.3 Å². The molecule has 0 spiro atoms. The van der Waals surface area contributed by atoms with Gasteiger partial charge in [0.25, 0.3) is 0 Å². The molecule has 1 aromatic carbocycles. The maximum Gasteiger partial charge on any atom is 0.235 e. The lowest BCUT2D eigenvalue weighted by atomic mass is 9.98. The van der Waals surface area contributed by atoms with Crippen LogP contribution in [0.1, 0.15) is 19.8 Å². The molecule has 0 radical (unpaired) electrons. The molecule has 2 aliphatic rings. The Hall–Kier alpha value is -2.06. The molecule has 5 nitrogen and oxygen atoms in total. The van der Waals surface area contributed by atoms with Gasteiger partial charge in [0.15, 0.2) is 0 Å². The van der Waals surface area contributed by atoms with Crippen LogP contribution >= 0.6 is 0 Å². The topological polar surface area (TPSA) is 59.4 Å². The molecule has 1 saturated heterocycles. The van der Waals surface area contributed by atoms with Crippen molar-refractivity contribution in [2.24, 2.45) is 5.92 Å². The number of hydrogen-bond donors (Lipinski definition) is 1. The van der Waals surface area contributed by atoms with Gasteiger partial charge in [-0.2, -0.15) is 5.26 Å². The van der Waals surface area contributed by atoms with E-state index in [9.17, 15) is 10.1 Å². The highest BCUT2D eigenvalue weighted by Gasteiger charge is 2.43. The highest BCUT2D eigenvalue weighted by Crippen LogP contribution is 2.39. The van der Waals surface area contributed by atoms with Crippen LogP contribution in [-0.2, 0) is 4.79 Å². The first kappa shape index (κ1) is 15.8. The molecular formula is C18H24N4O. The van der Waals surface area contributed by atoms with E-state index in [1.807, 2.05) is 13.0 Å². The first-order chi connectivity index (χ1) is 11.1. The summed E-state index contributed by atoms with van der Waals surface area (Å²) in [5, 5.41) is 12.3. The van der Waals surface area contributed by atoms with E-state index in [1.54, 1.807) is 0 Å². The van der Waals surface area contributed by atoms with Crippen LogP contribution in [0.5, 0.6) is 0 Å². The summed E-state index contributed by atoms with van der Waals surface area (Å²) in [7, 11) is 0. The van der Waals surface area contributed by atoms with Crippen LogP contribution in [0.25, 0.3) is 0 Å². The van der Waals surface area contributed by atoms with E-state index in [0.29, 0.717) is 12.5 Å². The maximum absolute atomic E-state index is 12.3. The third-order valence-electron chi connectivity index (χ3n) is 4.89. The third-order valence-corrected chi connectivity index (χ3v) is 4.89. The average molecular weight is 312 g/mol. The Labute approximate surface area is 137 Å². The number of nitrogens with zero attached hydrogens (tertiary/aromatic N) is 3. The summed E-state index contributed by atoms with van der Waals surface area (Å²) >= 11 is 0. The van der Waals surface area contributed by atoms with Gasteiger partial charge < -0.3 is 10.2 Å². The Bertz CT molecular complexity index is 585. The van der Waals surface area contributed by atoms with Gasteiger partial charge in [-0.3, -0.25) is 9.69 Å². The Kier molecular flexibility index (Phi) is 4.53. The Morgan fingerprint density at radius 2 is 1.91 bits per heavy atom. The van der Waals surface area contributed by atoms with Crippen LogP contribution in [0, 0.1) is 17.2 Å². The number of nitriles is 1. The van der Waals surface area contributed by atoms with Crippen molar-refractivity contribution in [1.29, 1.82) is 5.26 Å². The molecule has 3 rings (SSSR count). The highest BCUT2D eigenvalue weighted by molar-refractivity contribution is 5.79. The van der Waals surface area contributed by atoms with Crippen LogP contribution in [0.2, 0.25) is 0 Å². The zero-order valence-corrected chi connectivity index (χ0v) is 13.7. The SMILES string of the molecule is C[C@](C#N)(NC(=O)CN1CCN(c2ccccc2)CC1)C1CC1. The Morgan fingerprint density at radius 3 is 2.48 bits per heavy atom. The lowest BCUT2D eigenvalue weighted by Crippen LogP contribution is -2.53. The van der Waals surface area contributed by atoms with Crippen molar-refractivity contribution in [3.63, 3.8) is 0 Å². The first-order valence-corrected chi connectivity index (χ1v) is 8.35. The molecule has 122 valence electrons. The van der Waals surface area contributed by atoms with Gasteiger partial charge in [0.2, 0.25) is 5.91 Å². The van der Waals surface area contributed by atoms with Crippen LogP contribution in [0.15, 0.2) is 30.3 Å². The third kappa shape index (κ3) is 3.83. The van der Waals surface area contributed by atoms with Crippen LogP contribution in [-0.4, -0.2) is 49.1 Å². The minimum absolute atomic E-state index is 0.0332. The van der Waals surface area contributed by atoms with E-state index in [1.165, 1.54) is 5.69 Å². The van der Waals surface area contributed by atoms with Crippen LogP contribution in [0.4, 0.5) is 5.69 Å². The average Bonchev–Trinajstić information content (AvgIpc) is 3.41. The lowest BCUT2D eigenvalue weighted by molar-refractivity contribution is -0.123. The molecule has 1 aliphatic heterocycles. The monoisotopic (exact) mass is 312 g/mol. The molecule has 0 unspecified atom stereocenters. The predicted octanol–water partition coefficient (Wildman–Crippen LogP) is 1.62. The molecule has 1 heterocycles. The second-order valence-electron chi connectivity index (χ2n) is 6.74. The summed E-state index contributed by atoms with van der Waals surface area (Å²) < 4.78 is 0. The lowest BCUT2D eigenvalue weighted by Gasteiger charge is -2.36. The molecular weight excluding hydrogens is 288 g/mol. The van der Waals surface area contributed by atoms with Gasteiger partial charge in [-0.05, 0) is 37.8 Å². The minimum atomic E-state index is -0.692. The summed E-state index contributed by atoms with van der Waals surface area (Å²) in [6.45, 7) is 5.82. The molecule has 23 heavy (non-hydrogen) atoms. The summed E-state index contributed by atoms with van der Waals surface area (Å²) in [6.07, 6.45) is 2.08. The molecule has 1 saturated carbocycles. The van der Waals surface area contributed by atoms with Gasteiger partial charge in [-0.15, -0.1) is 0 Å². The summed E-state index contributed by atoms with van der Waals surface area (Å²) in [5.74, 6) is 0.292. The number of anilines is 1. The second kappa shape index (κ2) is 6.59. The number of amides is 1. The molecule has 0 aromatic heterocycles. The van der Waals surface area contributed by atoms with Gasteiger partial charge in [-0.1, -0.05) is 18.2 Å². The molecule has 1 atom stereocenters. The van der Waals surface area contributed by atoms with Gasteiger partial charge >= 0.3 is 0 Å². The van der Waals surface area contributed by atoms with Crippen molar-refractivity contribution in [1.82, 2.24) is 10.2 Å². The van der Waals surface area contributed by atoms with Crippen LogP contribution < -0.4 is 10.2 Å². The van der Waals surface area contributed by atoms with E-state index >= 15 is 0 Å². The first-order valence-electron chi connectivity index (χ1n) is 8.35. The van der Waals surface area contributed by atoms with Gasteiger partial charge in [0, 0.05) is 31.9 Å². The van der Waals surface area contributed by atoms with E-state index in [2.05, 4.69) is 45.5 Å². The number of hydrogen-bond acceptors (Lipinski definition) is 4. The Balaban J connectivity index is 1.47. The van der Waals surface area contributed by atoms with E-state index in [-0.39, 0.29) is 5.91 Å². The smallest absolute Gasteiger partial charge is 0.235 e. The van der Waals surface area contributed by atoms with Crippen molar-refractivity contribution >= 4 is 11.6 Å². The van der Waals surface area contributed by atoms with Crippen molar-refractivity contribution in [3.8, 4) is 6.07 Å². The molecule has 2 fully saturated rings. The quantitative estimate of drug-likeness (QED) is 0.897. The number of para-hydroxylation sites is 1. The highest BCUT2D eigenvalue weighted by atomic mass is 16.2. The van der Waals surface area contributed by atoms with E-state index < -0.39 is 5.54 Å². The summed E-state index contributed by atoms with van der Waals surface area (Å²) in [4.78, 5) is 16.8. The van der Waals surface area contributed by atoms with Gasteiger partial charge in [-0.25, -0.2) is 0 Å². The second-order valence-corrected chi connectivity index (χ2v) is 6.74. The molecule has 1 amide bonds. The number of piperazine rings is 1. The molecule has 1 N–H and O–H groups in total. The van der Waals surface area contributed by atoms with Crippen molar-refractivity contribution in [2.45, 2.75) is 25.3 Å². The zero-order chi connectivity index (χ0) is 16.3. The van der Waals surface area contributed by atoms with E-state index in [4.69, 9.17) is 0 Å². The minimum Gasteiger partial charge on any atom is -0.369 e. The normalized spacial score (nSPS) is 21.3. The number of benzene rings is 1. The molecule has 5 heteroatoms. The Morgan fingerprint density at radius 1 is 1.26 bits per heavy atom. The largest absolute Gasteiger partial charge is 0.369 e. The van der Waals surface area contributed by atoms with Crippen molar-refractivity contribution in [2.75, 3.05) is 37.6 Å². The van der Waals surface area contributed by atoms with Crippen molar-refractivity contribution < 1.29 is 4.79 Å². The maximum atomic E-state index is 12.3. The zero-order valence-electron chi connectivity index (χ0n) is 13.7. The predicted molar refractivity (Wildman–Crippen MR) is 90.0 cm³/mol. The molecule has 1 aromatic rings. The number of rotatable bonds is 5. The number of carbonyl (C=O) groups is 1. The van der Waals surface area contributed by atoms with Gasteiger partial charge in [0.1, 0.15) is 5.54 Å².